The number of carbonyl (C=O) groups excluding carboxylic acids is 1. The predicted octanol–water partition coefficient (Wildman–Crippen LogP) is 3.93. The minimum atomic E-state index is 0.0734. The molecule has 1 fully saturated rings. The Morgan fingerprint density at radius 1 is 1.52 bits per heavy atom. The van der Waals surface area contributed by atoms with E-state index in [1.54, 1.807) is 6.20 Å². The molecule has 1 aliphatic carbocycles. The first-order valence-corrected chi connectivity index (χ1v) is 8.52. The van der Waals surface area contributed by atoms with Gasteiger partial charge in [0.15, 0.2) is 0 Å². The van der Waals surface area contributed by atoms with E-state index in [0.717, 1.165) is 24.0 Å². The number of pyridine rings is 1. The molecule has 116 valence electrons. The van der Waals surface area contributed by atoms with Gasteiger partial charge in [-0.1, -0.05) is 6.92 Å². The molecular formula is C16H24BrN3O. The van der Waals surface area contributed by atoms with E-state index in [-0.39, 0.29) is 11.9 Å². The van der Waals surface area contributed by atoms with E-state index in [1.165, 1.54) is 12.8 Å². The minimum absolute atomic E-state index is 0.0734. The monoisotopic (exact) mass is 353 g/mol. The Hall–Kier alpha value is -1.10. The lowest BCUT2D eigenvalue weighted by atomic mass is 10.1. The SMILES string of the molecule is CCCNc1ncc(Br)cc1C(=O)N(CC1CC1)C(C)C. The van der Waals surface area contributed by atoms with Crippen molar-refractivity contribution in [3.05, 3.63) is 22.3 Å². The Morgan fingerprint density at radius 3 is 2.81 bits per heavy atom. The van der Waals surface area contributed by atoms with Crippen molar-refractivity contribution in [1.29, 1.82) is 0 Å². The number of hydrogen-bond donors (Lipinski definition) is 1. The number of nitrogens with zero attached hydrogens (tertiary/aromatic N) is 2. The highest BCUT2D eigenvalue weighted by Gasteiger charge is 2.29. The van der Waals surface area contributed by atoms with Crippen LogP contribution in [0, 0.1) is 5.92 Å². The smallest absolute Gasteiger partial charge is 0.257 e. The summed E-state index contributed by atoms with van der Waals surface area (Å²) >= 11 is 3.42. The number of halogens is 1. The fourth-order valence-electron chi connectivity index (χ4n) is 2.25. The van der Waals surface area contributed by atoms with Gasteiger partial charge in [-0.15, -0.1) is 0 Å². The number of nitrogens with one attached hydrogen (secondary N) is 1. The molecule has 0 aromatic carbocycles. The highest BCUT2D eigenvalue weighted by Crippen LogP contribution is 2.31. The number of carbonyl (C=O) groups is 1. The van der Waals surface area contributed by atoms with Gasteiger partial charge in [0, 0.05) is 29.8 Å². The van der Waals surface area contributed by atoms with Crippen molar-refractivity contribution in [3.8, 4) is 0 Å². The van der Waals surface area contributed by atoms with Gasteiger partial charge in [-0.3, -0.25) is 4.79 Å². The van der Waals surface area contributed by atoms with Gasteiger partial charge in [0.05, 0.1) is 5.56 Å². The summed E-state index contributed by atoms with van der Waals surface area (Å²) in [5, 5.41) is 3.25. The van der Waals surface area contributed by atoms with Crippen molar-refractivity contribution in [2.24, 2.45) is 5.92 Å². The average molecular weight is 354 g/mol. The Labute approximate surface area is 135 Å². The van der Waals surface area contributed by atoms with Crippen molar-refractivity contribution in [2.75, 3.05) is 18.4 Å². The number of aromatic nitrogens is 1. The topological polar surface area (TPSA) is 45.2 Å². The van der Waals surface area contributed by atoms with Crippen LogP contribution in [-0.2, 0) is 0 Å². The van der Waals surface area contributed by atoms with Gasteiger partial charge in [0.1, 0.15) is 5.82 Å². The summed E-state index contributed by atoms with van der Waals surface area (Å²) in [5.74, 6) is 1.44. The Balaban J connectivity index is 2.23. The summed E-state index contributed by atoms with van der Waals surface area (Å²) in [5.41, 5.74) is 0.659. The third-order valence-corrected chi connectivity index (χ3v) is 4.10. The molecule has 0 spiro atoms. The van der Waals surface area contributed by atoms with Crippen LogP contribution in [0.2, 0.25) is 0 Å². The molecule has 1 saturated carbocycles. The summed E-state index contributed by atoms with van der Waals surface area (Å²) < 4.78 is 0.836. The molecule has 21 heavy (non-hydrogen) atoms. The third-order valence-electron chi connectivity index (χ3n) is 3.66. The van der Waals surface area contributed by atoms with E-state index in [0.29, 0.717) is 17.3 Å². The highest BCUT2D eigenvalue weighted by atomic mass is 79.9. The lowest BCUT2D eigenvalue weighted by molar-refractivity contribution is 0.0697. The standard InChI is InChI=1S/C16H24BrN3O/c1-4-7-18-15-14(8-13(17)9-19-15)16(21)20(11(2)3)10-12-5-6-12/h8-9,11-12H,4-7,10H2,1-3H3,(H,18,19). The quantitative estimate of drug-likeness (QED) is 0.807. The molecule has 0 atom stereocenters. The van der Waals surface area contributed by atoms with Crippen molar-refractivity contribution in [1.82, 2.24) is 9.88 Å². The van der Waals surface area contributed by atoms with E-state index in [1.807, 2.05) is 11.0 Å². The number of hydrogen-bond acceptors (Lipinski definition) is 3. The molecule has 1 aromatic rings. The molecular weight excluding hydrogens is 330 g/mol. The number of rotatable bonds is 7. The van der Waals surface area contributed by atoms with Gasteiger partial charge in [0.2, 0.25) is 0 Å². The van der Waals surface area contributed by atoms with Crippen LogP contribution in [0.15, 0.2) is 16.7 Å². The van der Waals surface area contributed by atoms with Gasteiger partial charge in [-0.05, 0) is 61.0 Å². The van der Waals surface area contributed by atoms with Crippen LogP contribution in [-0.4, -0.2) is 34.9 Å². The molecule has 1 aromatic heterocycles. The zero-order chi connectivity index (χ0) is 15.4. The summed E-state index contributed by atoms with van der Waals surface area (Å²) in [4.78, 5) is 19.2. The first-order valence-electron chi connectivity index (χ1n) is 7.73. The van der Waals surface area contributed by atoms with Crippen LogP contribution in [0.1, 0.15) is 50.4 Å². The lowest BCUT2D eigenvalue weighted by Crippen LogP contribution is -2.39. The van der Waals surface area contributed by atoms with E-state index in [9.17, 15) is 4.79 Å². The first-order chi connectivity index (χ1) is 10.0. The molecule has 1 N–H and O–H groups in total. The highest BCUT2D eigenvalue weighted by molar-refractivity contribution is 9.10. The van der Waals surface area contributed by atoms with Crippen molar-refractivity contribution in [3.63, 3.8) is 0 Å². The maximum absolute atomic E-state index is 12.9. The lowest BCUT2D eigenvalue weighted by Gasteiger charge is -2.27. The third kappa shape index (κ3) is 4.43. The number of anilines is 1. The molecule has 1 aliphatic rings. The van der Waals surface area contributed by atoms with Crippen LogP contribution in [0.4, 0.5) is 5.82 Å². The summed E-state index contributed by atoms with van der Waals surface area (Å²) in [6.07, 6.45) is 5.22. The second-order valence-corrected chi connectivity index (χ2v) is 6.89. The molecule has 5 heteroatoms. The van der Waals surface area contributed by atoms with E-state index >= 15 is 0 Å². The molecule has 2 rings (SSSR count). The minimum Gasteiger partial charge on any atom is -0.369 e. The average Bonchev–Trinajstić information content (AvgIpc) is 3.26. The van der Waals surface area contributed by atoms with Crippen molar-refractivity contribution >= 4 is 27.7 Å². The maximum atomic E-state index is 12.9. The van der Waals surface area contributed by atoms with Crippen molar-refractivity contribution < 1.29 is 4.79 Å². The van der Waals surface area contributed by atoms with Gasteiger partial charge in [-0.25, -0.2) is 4.98 Å². The Morgan fingerprint density at radius 2 is 2.24 bits per heavy atom. The van der Waals surface area contributed by atoms with Crippen LogP contribution in [0.3, 0.4) is 0 Å². The summed E-state index contributed by atoms with van der Waals surface area (Å²) in [6, 6.07) is 2.08. The van der Waals surface area contributed by atoms with Gasteiger partial charge in [0.25, 0.3) is 5.91 Å². The maximum Gasteiger partial charge on any atom is 0.257 e. The fourth-order valence-corrected chi connectivity index (χ4v) is 2.58. The van der Waals surface area contributed by atoms with Gasteiger partial charge >= 0.3 is 0 Å². The molecule has 0 radical (unpaired) electrons. The zero-order valence-electron chi connectivity index (χ0n) is 13.0. The van der Waals surface area contributed by atoms with Crippen LogP contribution < -0.4 is 5.32 Å². The summed E-state index contributed by atoms with van der Waals surface area (Å²) in [6.45, 7) is 7.92. The Bertz CT molecular complexity index is 500. The predicted molar refractivity (Wildman–Crippen MR) is 89.6 cm³/mol. The van der Waals surface area contributed by atoms with Crippen LogP contribution >= 0.6 is 15.9 Å². The van der Waals surface area contributed by atoms with E-state index in [4.69, 9.17) is 0 Å². The Kier molecular flexibility index (Phi) is 5.62. The van der Waals surface area contributed by atoms with Gasteiger partial charge in [-0.2, -0.15) is 0 Å². The zero-order valence-corrected chi connectivity index (χ0v) is 14.6. The molecule has 4 nitrogen and oxygen atoms in total. The van der Waals surface area contributed by atoms with E-state index in [2.05, 4.69) is 47.0 Å². The molecule has 0 saturated heterocycles. The van der Waals surface area contributed by atoms with E-state index < -0.39 is 0 Å². The largest absolute Gasteiger partial charge is 0.369 e. The van der Waals surface area contributed by atoms with Gasteiger partial charge < -0.3 is 10.2 Å². The molecule has 1 heterocycles. The molecule has 0 aliphatic heterocycles. The number of amides is 1. The first kappa shape index (κ1) is 16.3. The molecule has 0 unspecified atom stereocenters. The van der Waals surface area contributed by atoms with Crippen LogP contribution in [0.25, 0.3) is 0 Å². The van der Waals surface area contributed by atoms with Crippen molar-refractivity contribution in [2.45, 2.75) is 46.1 Å². The fraction of sp³-hybridized carbons (Fsp3) is 0.625. The second kappa shape index (κ2) is 7.25. The summed E-state index contributed by atoms with van der Waals surface area (Å²) in [7, 11) is 0. The normalized spacial score (nSPS) is 14.3. The molecule has 1 amide bonds. The molecule has 0 bridgehead atoms. The van der Waals surface area contributed by atoms with Crippen LogP contribution in [0.5, 0.6) is 0 Å². The second-order valence-electron chi connectivity index (χ2n) is 5.97.